The maximum absolute atomic E-state index is 12.6. The first kappa shape index (κ1) is 14.9. The van der Waals surface area contributed by atoms with Crippen LogP contribution in [0.4, 0.5) is 13.2 Å². The van der Waals surface area contributed by atoms with Crippen LogP contribution in [0.15, 0.2) is 30.3 Å². The molecule has 0 bridgehead atoms. The highest BCUT2D eigenvalue weighted by atomic mass is 79.9. The third-order valence-corrected chi connectivity index (χ3v) is 4.14. The van der Waals surface area contributed by atoms with E-state index in [0.717, 1.165) is 18.4 Å². The highest BCUT2D eigenvalue weighted by Crippen LogP contribution is 2.32. The topological polar surface area (TPSA) is 3.24 Å². The van der Waals surface area contributed by atoms with E-state index in [1.54, 1.807) is 4.90 Å². The summed E-state index contributed by atoms with van der Waals surface area (Å²) in [6.07, 6.45) is -2.34. The van der Waals surface area contributed by atoms with Gasteiger partial charge in [-0.1, -0.05) is 46.3 Å². The molecule has 19 heavy (non-hydrogen) atoms. The van der Waals surface area contributed by atoms with Crippen LogP contribution in [0.3, 0.4) is 0 Å². The molecular weight excluding hydrogens is 319 g/mol. The Bertz CT molecular complexity index is 389. The summed E-state index contributed by atoms with van der Waals surface area (Å²) < 4.78 is 37.8. The van der Waals surface area contributed by atoms with Gasteiger partial charge in [-0.15, -0.1) is 0 Å². The van der Waals surface area contributed by atoms with Crippen molar-refractivity contribution in [2.75, 3.05) is 18.4 Å². The molecule has 0 radical (unpaired) electrons. The summed E-state index contributed by atoms with van der Waals surface area (Å²) in [6, 6.07) is 9.84. The largest absolute Gasteiger partial charge is 0.401 e. The van der Waals surface area contributed by atoms with Gasteiger partial charge < -0.3 is 0 Å². The Morgan fingerprint density at radius 3 is 2.32 bits per heavy atom. The number of nitrogens with zero attached hydrogens (tertiary/aromatic N) is 1. The number of hydrogen-bond acceptors (Lipinski definition) is 1. The predicted molar refractivity (Wildman–Crippen MR) is 73.6 cm³/mol. The first-order valence-corrected chi connectivity index (χ1v) is 7.53. The number of halogens is 4. The van der Waals surface area contributed by atoms with Crippen LogP contribution in [0.5, 0.6) is 0 Å². The Labute approximate surface area is 119 Å². The molecule has 0 aromatic heterocycles. The van der Waals surface area contributed by atoms with Crippen LogP contribution in [0.2, 0.25) is 0 Å². The zero-order valence-electron chi connectivity index (χ0n) is 10.5. The van der Waals surface area contributed by atoms with Gasteiger partial charge in [-0.2, -0.15) is 13.2 Å². The van der Waals surface area contributed by atoms with Gasteiger partial charge in [-0.05, 0) is 18.4 Å². The second-order valence-electron chi connectivity index (χ2n) is 5.04. The quantitative estimate of drug-likeness (QED) is 0.704. The van der Waals surface area contributed by atoms with Gasteiger partial charge in [0.15, 0.2) is 0 Å². The Hall–Kier alpha value is -0.550. The summed E-state index contributed by atoms with van der Waals surface area (Å²) in [5.74, 6) is 0.101. The minimum atomic E-state index is -4.11. The molecular formula is C14H17BrF3N. The molecule has 0 spiro atoms. The fourth-order valence-corrected chi connectivity index (χ4v) is 2.84. The molecule has 1 aliphatic rings. The van der Waals surface area contributed by atoms with Crippen molar-refractivity contribution in [2.45, 2.75) is 31.0 Å². The van der Waals surface area contributed by atoms with E-state index in [-0.39, 0.29) is 12.0 Å². The molecule has 0 N–H and O–H groups in total. The lowest BCUT2D eigenvalue weighted by Gasteiger charge is -2.27. The molecule has 0 heterocycles. The average molecular weight is 336 g/mol. The predicted octanol–water partition coefficient (Wildman–Crippen LogP) is 4.19. The number of hydrogen-bond donors (Lipinski definition) is 0. The molecule has 1 nitrogen and oxygen atoms in total. The van der Waals surface area contributed by atoms with Crippen LogP contribution in [0.25, 0.3) is 0 Å². The first-order valence-electron chi connectivity index (χ1n) is 6.41. The van der Waals surface area contributed by atoms with Crippen LogP contribution in [0, 0.1) is 0 Å². The number of rotatable bonds is 6. The lowest BCUT2D eigenvalue weighted by atomic mass is 10.0. The molecule has 1 saturated carbocycles. The maximum atomic E-state index is 12.6. The van der Waals surface area contributed by atoms with Gasteiger partial charge in [-0.25, -0.2) is 0 Å². The standard InChI is InChI=1S/C14H17BrF3N/c15-8-12(11-4-2-1-3-5-11)9-19(13-6-7-13)10-14(16,17)18/h1-5,12-13H,6-10H2. The summed E-state index contributed by atoms with van der Waals surface area (Å²) in [4.78, 5) is 1.58. The van der Waals surface area contributed by atoms with Crippen LogP contribution in [-0.2, 0) is 0 Å². The van der Waals surface area contributed by atoms with Crippen molar-refractivity contribution in [3.8, 4) is 0 Å². The summed E-state index contributed by atoms with van der Waals surface area (Å²) in [7, 11) is 0. The highest BCUT2D eigenvalue weighted by molar-refractivity contribution is 9.09. The summed E-state index contributed by atoms with van der Waals surface area (Å²) in [6.45, 7) is -0.340. The minimum Gasteiger partial charge on any atom is -0.291 e. The van der Waals surface area contributed by atoms with E-state index in [2.05, 4.69) is 15.9 Å². The molecule has 1 aromatic carbocycles. The lowest BCUT2D eigenvalue weighted by Crippen LogP contribution is -2.39. The average Bonchev–Trinajstić information content (AvgIpc) is 3.18. The SMILES string of the molecule is FC(F)(F)CN(CC(CBr)c1ccccc1)C1CC1. The van der Waals surface area contributed by atoms with Gasteiger partial charge in [0.25, 0.3) is 0 Å². The van der Waals surface area contributed by atoms with Gasteiger partial charge in [0.2, 0.25) is 0 Å². The van der Waals surface area contributed by atoms with Crippen LogP contribution in [0.1, 0.15) is 24.3 Å². The van der Waals surface area contributed by atoms with E-state index in [1.165, 1.54) is 0 Å². The zero-order valence-corrected chi connectivity index (χ0v) is 12.1. The second kappa shape index (κ2) is 6.27. The van der Waals surface area contributed by atoms with Crippen molar-refractivity contribution in [3.63, 3.8) is 0 Å². The summed E-state index contributed by atoms with van der Waals surface area (Å²) >= 11 is 3.42. The second-order valence-corrected chi connectivity index (χ2v) is 5.69. The third-order valence-electron chi connectivity index (χ3n) is 3.36. The normalized spacial score (nSPS) is 17.7. The van der Waals surface area contributed by atoms with E-state index in [1.807, 2.05) is 30.3 Å². The monoisotopic (exact) mass is 335 g/mol. The molecule has 106 valence electrons. The smallest absolute Gasteiger partial charge is 0.291 e. The number of alkyl halides is 4. The van der Waals surface area contributed by atoms with Crippen molar-refractivity contribution in [3.05, 3.63) is 35.9 Å². The van der Waals surface area contributed by atoms with Crippen molar-refractivity contribution in [1.29, 1.82) is 0 Å². The molecule has 0 saturated heterocycles. The van der Waals surface area contributed by atoms with Crippen LogP contribution in [-0.4, -0.2) is 35.5 Å². The maximum Gasteiger partial charge on any atom is 0.401 e. The molecule has 5 heteroatoms. The van der Waals surface area contributed by atoms with Gasteiger partial charge >= 0.3 is 6.18 Å². The van der Waals surface area contributed by atoms with Crippen molar-refractivity contribution < 1.29 is 13.2 Å². The van der Waals surface area contributed by atoms with Gasteiger partial charge in [0, 0.05) is 23.8 Å². The van der Waals surface area contributed by atoms with Gasteiger partial charge in [0.05, 0.1) is 6.54 Å². The van der Waals surface area contributed by atoms with Crippen LogP contribution < -0.4 is 0 Å². The van der Waals surface area contributed by atoms with E-state index in [4.69, 9.17) is 0 Å². The van der Waals surface area contributed by atoms with E-state index < -0.39 is 12.7 Å². The molecule has 1 atom stereocenters. The lowest BCUT2D eigenvalue weighted by molar-refractivity contribution is -0.147. The van der Waals surface area contributed by atoms with Crippen LogP contribution >= 0.6 is 15.9 Å². The van der Waals surface area contributed by atoms with E-state index >= 15 is 0 Å². The molecule has 0 amide bonds. The number of benzene rings is 1. The fourth-order valence-electron chi connectivity index (χ4n) is 2.26. The molecule has 1 aliphatic carbocycles. The van der Waals surface area contributed by atoms with Crippen molar-refractivity contribution in [2.24, 2.45) is 0 Å². The van der Waals surface area contributed by atoms with Crippen molar-refractivity contribution >= 4 is 15.9 Å². The molecule has 1 aromatic rings. The Kier molecular flexibility index (Phi) is 4.90. The zero-order chi connectivity index (χ0) is 13.9. The molecule has 1 unspecified atom stereocenters. The Morgan fingerprint density at radius 2 is 1.84 bits per heavy atom. The molecule has 1 fully saturated rings. The highest BCUT2D eigenvalue weighted by Gasteiger charge is 2.38. The van der Waals surface area contributed by atoms with E-state index in [0.29, 0.717) is 11.9 Å². The molecule has 2 rings (SSSR count). The Balaban J connectivity index is 2.02. The minimum absolute atomic E-state index is 0.101. The fraction of sp³-hybridized carbons (Fsp3) is 0.571. The van der Waals surface area contributed by atoms with Crippen molar-refractivity contribution in [1.82, 2.24) is 4.90 Å². The Morgan fingerprint density at radius 1 is 1.21 bits per heavy atom. The summed E-state index contributed by atoms with van der Waals surface area (Å²) in [5.41, 5.74) is 1.09. The summed E-state index contributed by atoms with van der Waals surface area (Å²) in [5, 5.41) is 0.679. The third kappa shape index (κ3) is 4.80. The first-order chi connectivity index (χ1) is 8.99. The van der Waals surface area contributed by atoms with E-state index in [9.17, 15) is 13.2 Å². The molecule has 0 aliphatic heterocycles. The van der Waals surface area contributed by atoms with Gasteiger partial charge in [-0.3, -0.25) is 4.90 Å². The van der Waals surface area contributed by atoms with Gasteiger partial charge in [0.1, 0.15) is 0 Å².